The summed E-state index contributed by atoms with van der Waals surface area (Å²) < 4.78 is 28.3. The molecule has 0 radical (unpaired) electrons. The average molecular weight is 581 g/mol. The highest BCUT2D eigenvalue weighted by molar-refractivity contribution is 7.07. The second-order valence-electron chi connectivity index (χ2n) is 8.81. The number of hydrogen-bond donors (Lipinski definition) is 0. The molecule has 4 rings (SSSR count). The Balaban J connectivity index is 1.90. The van der Waals surface area contributed by atoms with E-state index in [0.29, 0.717) is 38.5 Å². The maximum Gasteiger partial charge on any atom is 0.338 e. The Morgan fingerprint density at radius 3 is 2.24 bits per heavy atom. The van der Waals surface area contributed by atoms with E-state index in [4.69, 9.17) is 23.7 Å². The molecule has 3 aromatic rings. The van der Waals surface area contributed by atoms with Gasteiger partial charge in [0, 0.05) is 13.8 Å². The minimum atomic E-state index is -0.897. The first-order chi connectivity index (χ1) is 19.6. The molecule has 0 amide bonds. The van der Waals surface area contributed by atoms with Crippen molar-refractivity contribution in [1.82, 2.24) is 4.57 Å². The van der Waals surface area contributed by atoms with Crippen LogP contribution in [-0.2, 0) is 19.1 Å². The molecule has 214 valence electrons. The Kier molecular flexibility index (Phi) is 8.72. The van der Waals surface area contributed by atoms with Crippen molar-refractivity contribution in [2.24, 2.45) is 4.99 Å². The summed E-state index contributed by atoms with van der Waals surface area (Å²) in [5.74, 6) is -0.595. The van der Waals surface area contributed by atoms with Crippen LogP contribution in [0.1, 0.15) is 44.9 Å². The molecule has 1 unspecified atom stereocenters. The van der Waals surface area contributed by atoms with E-state index in [1.54, 1.807) is 50.3 Å². The van der Waals surface area contributed by atoms with E-state index in [0.717, 1.165) is 11.3 Å². The van der Waals surface area contributed by atoms with Gasteiger partial charge in [0.2, 0.25) is 0 Å². The summed E-state index contributed by atoms with van der Waals surface area (Å²) in [5, 5.41) is 0. The van der Waals surface area contributed by atoms with E-state index >= 15 is 0 Å². The van der Waals surface area contributed by atoms with Gasteiger partial charge in [-0.3, -0.25) is 19.0 Å². The van der Waals surface area contributed by atoms with Crippen LogP contribution in [0.2, 0.25) is 0 Å². The molecule has 1 aromatic heterocycles. The van der Waals surface area contributed by atoms with Crippen LogP contribution >= 0.6 is 11.3 Å². The Morgan fingerprint density at radius 1 is 0.976 bits per heavy atom. The van der Waals surface area contributed by atoms with Crippen LogP contribution in [0, 0.1) is 0 Å². The van der Waals surface area contributed by atoms with Gasteiger partial charge in [-0.05, 0) is 55.3 Å². The average Bonchev–Trinajstić information content (AvgIpc) is 3.22. The zero-order valence-electron chi connectivity index (χ0n) is 23.3. The van der Waals surface area contributed by atoms with Gasteiger partial charge < -0.3 is 23.7 Å². The van der Waals surface area contributed by atoms with E-state index in [2.05, 4.69) is 4.99 Å². The second-order valence-corrected chi connectivity index (χ2v) is 9.82. The third kappa shape index (κ3) is 6.07. The van der Waals surface area contributed by atoms with Gasteiger partial charge in [-0.1, -0.05) is 23.5 Å². The molecular weight excluding hydrogens is 552 g/mol. The van der Waals surface area contributed by atoms with Crippen LogP contribution in [0.4, 0.5) is 0 Å². The van der Waals surface area contributed by atoms with Gasteiger partial charge in [0.15, 0.2) is 27.8 Å². The molecule has 0 aliphatic carbocycles. The highest BCUT2D eigenvalue weighted by Gasteiger charge is 2.33. The van der Waals surface area contributed by atoms with E-state index in [1.165, 1.54) is 38.7 Å². The second kappa shape index (κ2) is 12.2. The summed E-state index contributed by atoms with van der Waals surface area (Å²) in [6.45, 7) is 6.38. The van der Waals surface area contributed by atoms with Crippen molar-refractivity contribution >= 4 is 35.3 Å². The summed E-state index contributed by atoms with van der Waals surface area (Å²) in [7, 11) is 2.67. The fourth-order valence-electron chi connectivity index (χ4n) is 4.37. The lowest BCUT2D eigenvalue weighted by atomic mass is 9.95. The van der Waals surface area contributed by atoms with Crippen LogP contribution < -0.4 is 33.8 Å². The Morgan fingerprint density at radius 2 is 1.63 bits per heavy atom. The number of methoxy groups -OCH3 is 2. The molecule has 1 aliphatic rings. The molecule has 2 aromatic carbocycles. The largest absolute Gasteiger partial charge is 0.493 e. The molecule has 0 saturated carbocycles. The number of allylic oxidation sites excluding steroid dienone is 1. The van der Waals surface area contributed by atoms with Gasteiger partial charge >= 0.3 is 17.9 Å². The summed E-state index contributed by atoms with van der Waals surface area (Å²) >= 11 is 1.15. The first kappa shape index (κ1) is 29.3. The number of fused-ring (bicyclic) bond motifs is 1. The summed E-state index contributed by atoms with van der Waals surface area (Å²) in [5.41, 5.74) is 1.32. The van der Waals surface area contributed by atoms with Gasteiger partial charge in [-0.15, -0.1) is 0 Å². The predicted octanol–water partition coefficient (Wildman–Crippen LogP) is 2.67. The molecule has 41 heavy (non-hydrogen) atoms. The Bertz CT molecular complexity index is 1750. The highest BCUT2D eigenvalue weighted by atomic mass is 32.1. The van der Waals surface area contributed by atoms with Crippen LogP contribution in [0.15, 0.2) is 57.5 Å². The quantitative estimate of drug-likeness (QED) is 0.291. The molecule has 0 fully saturated rings. The summed E-state index contributed by atoms with van der Waals surface area (Å²) in [4.78, 5) is 54.7. The molecule has 12 heteroatoms. The molecule has 0 saturated heterocycles. The summed E-state index contributed by atoms with van der Waals surface area (Å²) in [6, 6.07) is 8.84. The predicted molar refractivity (Wildman–Crippen MR) is 149 cm³/mol. The van der Waals surface area contributed by atoms with Crippen LogP contribution in [0.3, 0.4) is 0 Å². The van der Waals surface area contributed by atoms with E-state index in [-0.39, 0.29) is 22.8 Å². The zero-order chi connectivity index (χ0) is 29.8. The number of carbonyl (C=O) groups excluding carboxylic acids is 3. The van der Waals surface area contributed by atoms with Crippen molar-refractivity contribution in [3.05, 3.63) is 78.5 Å². The number of rotatable bonds is 8. The van der Waals surface area contributed by atoms with Crippen LogP contribution in [-0.4, -0.2) is 43.3 Å². The van der Waals surface area contributed by atoms with Crippen molar-refractivity contribution in [3.63, 3.8) is 0 Å². The van der Waals surface area contributed by atoms with Crippen molar-refractivity contribution in [2.45, 2.75) is 33.7 Å². The third-order valence-corrected chi connectivity index (χ3v) is 6.99. The molecular formula is C29H28N2O9S. The number of thiazole rings is 1. The maximum atomic E-state index is 13.9. The minimum Gasteiger partial charge on any atom is -0.493 e. The smallest absolute Gasteiger partial charge is 0.338 e. The molecule has 1 atom stereocenters. The lowest BCUT2D eigenvalue weighted by Crippen LogP contribution is -2.39. The lowest BCUT2D eigenvalue weighted by molar-refractivity contribution is -0.136. The number of hydrogen-bond acceptors (Lipinski definition) is 11. The minimum absolute atomic E-state index is 0.179. The SMILES string of the molecule is CCOc1cc(/C=c2/sc3n(c2=O)C(c2ccc(OC(C)=O)c(OC)c2)C(C(=O)OC)=C(C)N=3)ccc1OC(C)=O. The van der Waals surface area contributed by atoms with Crippen molar-refractivity contribution in [2.75, 3.05) is 20.8 Å². The van der Waals surface area contributed by atoms with E-state index in [1.807, 2.05) is 0 Å². The first-order valence-corrected chi connectivity index (χ1v) is 13.3. The van der Waals surface area contributed by atoms with E-state index in [9.17, 15) is 19.2 Å². The molecule has 0 N–H and O–H groups in total. The Labute approximate surface area is 238 Å². The number of aromatic nitrogens is 1. The highest BCUT2D eigenvalue weighted by Crippen LogP contribution is 2.36. The number of nitrogens with zero attached hydrogens (tertiary/aromatic N) is 2. The number of esters is 3. The van der Waals surface area contributed by atoms with Gasteiger partial charge in [0.05, 0.1) is 42.7 Å². The van der Waals surface area contributed by atoms with Crippen LogP contribution in [0.25, 0.3) is 6.08 Å². The first-order valence-electron chi connectivity index (χ1n) is 12.5. The van der Waals surface area contributed by atoms with Crippen molar-refractivity contribution in [1.29, 1.82) is 0 Å². The monoisotopic (exact) mass is 580 g/mol. The van der Waals surface area contributed by atoms with Crippen molar-refractivity contribution in [3.8, 4) is 23.0 Å². The fourth-order valence-corrected chi connectivity index (χ4v) is 5.42. The Hall–Kier alpha value is -4.71. The topological polar surface area (TPSA) is 132 Å². The molecule has 0 spiro atoms. The zero-order valence-corrected chi connectivity index (χ0v) is 24.1. The number of benzene rings is 2. The summed E-state index contributed by atoms with van der Waals surface area (Å²) in [6.07, 6.45) is 1.67. The third-order valence-electron chi connectivity index (χ3n) is 6.00. The number of ether oxygens (including phenoxy) is 5. The van der Waals surface area contributed by atoms with Gasteiger partial charge in [0.1, 0.15) is 0 Å². The van der Waals surface area contributed by atoms with Gasteiger partial charge in [-0.25, -0.2) is 9.79 Å². The maximum absolute atomic E-state index is 13.9. The standard InChI is InChI=1S/C29H28N2O9S/c1-7-38-23-12-18(8-10-21(23)40-17(4)33)13-24-27(34)31-26(25(28(35)37-6)15(2)30-29(31)41-24)19-9-11-20(39-16(3)32)22(14-19)36-5/h8-14,26H,7H2,1-6H3/b24-13+. The fraction of sp³-hybridized carbons (Fsp3) is 0.276. The van der Waals surface area contributed by atoms with Crippen LogP contribution in [0.5, 0.6) is 23.0 Å². The molecule has 11 nitrogen and oxygen atoms in total. The lowest BCUT2D eigenvalue weighted by Gasteiger charge is -2.25. The van der Waals surface area contributed by atoms with Gasteiger partial charge in [0.25, 0.3) is 5.56 Å². The molecule has 0 bridgehead atoms. The van der Waals surface area contributed by atoms with E-state index < -0.39 is 29.5 Å². The van der Waals surface area contributed by atoms with Gasteiger partial charge in [-0.2, -0.15) is 0 Å². The number of carbonyl (C=O) groups is 3. The normalized spacial score (nSPS) is 14.6. The molecule has 2 heterocycles. The molecule has 1 aliphatic heterocycles. The van der Waals surface area contributed by atoms with Crippen molar-refractivity contribution < 1.29 is 38.1 Å².